The number of para-hydroxylation sites is 2. The molecule has 0 aliphatic heterocycles. The van der Waals surface area contributed by atoms with Crippen LogP contribution in [0.1, 0.15) is 0 Å². The lowest BCUT2D eigenvalue weighted by Crippen LogP contribution is -2.16. The Kier molecular flexibility index (Phi) is 5.39. The van der Waals surface area contributed by atoms with Crippen LogP contribution in [-0.4, -0.2) is 27.1 Å². The summed E-state index contributed by atoms with van der Waals surface area (Å²) >= 11 is 0. The van der Waals surface area contributed by atoms with Gasteiger partial charge in [-0.05, 0) is 60.7 Å². The van der Waals surface area contributed by atoms with Crippen molar-refractivity contribution >= 4 is 46.3 Å². The number of phenols is 1. The number of nitrogens with zero attached hydrogens (tertiary/aromatic N) is 4. The number of aromatic hydroxyl groups is 1. The summed E-state index contributed by atoms with van der Waals surface area (Å²) in [7, 11) is 1.77. The van der Waals surface area contributed by atoms with Crippen molar-refractivity contribution in [3.05, 3.63) is 72.8 Å². The summed E-state index contributed by atoms with van der Waals surface area (Å²) in [6.45, 7) is 0. The molecule has 0 unspecified atom stereocenters. The third-order valence-electron chi connectivity index (χ3n) is 4.50. The van der Waals surface area contributed by atoms with Gasteiger partial charge in [-0.15, -0.1) is 0 Å². The van der Waals surface area contributed by atoms with Crippen molar-refractivity contribution in [2.24, 2.45) is 0 Å². The molecular weight excluding hydrogens is 392 g/mol. The third-order valence-corrected chi connectivity index (χ3v) is 4.50. The van der Waals surface area contributed by atoms with Crippen molar-refractivity contribution in [3.63, 3.8) is 0 Å². The minimum atomic E-state index is 0.117. The van der Waals surface area contributed by atoms with E-state index in [-0.39, 0.29) is 5.75 Å². The van der Waals surface area contributed by atoms with Gasteiger partial charge in [0, 0.05) is 29.8 Å². The van der Waals surface area contributed by atoms with Crippen molar-refractivity contribution in [3.8, 4) is 5.75 Å². The highest BCUT2D eigenvalue weighted by Gasteiger charge is 2.15. The molecule has 4 aromatic rings. The van der Waals surface area contributed by atoms with E-state index in [4.69, 9.17) is 11.5 Å². The molecule has 0 saturated carbocycles. The van der Waals surface area contributed by atoms with Crippen molar-refractivity contribution < 1.29 is 5.11 Å². The monoisotopic (exact) mass is 414 g/mol. The lowest BCUT2D eigenvalue weighted by Gasteiger charge is -2.19. The van der Waals surface area contributed by atoms with Gasteiger partial charge in [0.1, 0.15) is 5.75 Å². The van der Waals surface area contributed by atoms with E-state index in [1.165, 1.54) is 0 Å². The van der Waals surface area contributed by atoms with Gasteiger partial charge in [-0.3, -0.25) is 0 Å². The molecule has 9 nitrogen and oxygen atoms in total. The van der Waals surface area contributed by atoms with Crippen molar-refractivity contribution in [1.29, 1.82) is 0 Å². The number of nitrogens with two attached hydrogens (primary N) is 2. The van der Waals surface area contributed by atoms with Crippen LogP contribution < -0.4 is 27.0 Å². The van der Waals surface area contributed by atoms with Crippen LogP contribution in [0.5, 0.6) is 5.75 Å². The molecule has 1 aromatic heterocycles. The van der Waals surface area contributed by atoms with E-state index in [1.54, 1.807) is 54.4 Å². The van der Waals surface area contributed by atoms with Gasteiger partial charge >= 0.3 is 0 Å². The Balaban J connectivity index is 1.71. The van der Waals surface area contributed by atoms with Crippen LogP contribution in [0.2, 0.25) is 0 Å². The summed E-state index contributed by atoms with van der Waals surface area (Å²) < 4.78 is 0. The fourth-order valence-electron chi connectivity index (χ4n) is 2.87. The van der Waals surface area contributed by atoms with Crippen LogP contribution in [0.4, 0.5) is 46.3 Å². The Morgan fingerprint density at radius 2 is 1.19 bits per heavy atom. The molecule has 0 bridgehead atoms. The van der Waals surface area contributed by atoms with E-state index < -0.39 is 0 Å². The van der Waals surface area contributed by atoms with Crippen LogP contribution >= 0.6 is 0 Å². The second-order valence-corrected chi connectivity index (χ2v) is 6.82. The number of hydrogen-bond acceptors (Lipinski definition) is 9. The number of aromatic nitrogens is 3. The van der Waals surface area contributed by atoms with Gasteiger partial charge in [0.2, 0.25) is 17.8 Å². The Labute approximate surface area is 179 Å². The van der Waals surface area contributed by atoms with Gasteiger partial charge in [-0.1, -0.05) is 12.1 Å². The lowest BCUT2D eigenvalue weighted by molar-refractivity contribution is 0.476. The highest BCUT2D eigenvalue weighted by Crippen LogP contribution is 2.31. The molecule has 1 heterocycles. The zero-order chi connectivity index (χ0) is 21.8. The highest BCUT2D eigenvalue weighted by atomic mass is 16.3. The number of hydrogen-bond donors (Lipinski definition) is 5. The van der Waals surface area contributed by atoms with Crippen LogP contribution in [-0.2, 0) is 0 Å². The molecule has 9 heteroatoms. The van der Waals surface area contributed by atoms with E-state index in [2.05, 4.69) is 25.6 Å². The SMILES string of the molecule is CN(c1nc(Nc2ccc(N)cc2)nc(Nc2ccc(N)cc2)n1)c1ccccc1O. The maximum absolute atomic E-state index is 10.2. The average molecular weight is 414 g/mol. The lowest BCUT2D eigenvalue weighted by atomic mass is 10.3. The van der Waals surface area contributed by atoms with E-state index in [1.807, 2.05) is 30.3 Å². The first kappa shape index (κ1) is 19.8. The molecule has 0 spiro atoms. The number of anilines is 8. The Morgan fingerprint density at radius 1 is 0.710 bits per heavy atom. The van der Waals surface area contributed by atoms with Gasteiger partial charge in [-0.25, -0.2) is 0 Å². The van der Waals surface area contributed by atoms with E-state index in [9.17, 15) is 5.11 Å². The summed E-state index contributed by atoms with van der Waals surface area (Å²) in [5.41, 5.74) is 15.0. The normalized spacial score (nSPS) is 10.5. The smallest absolute Gasteiger partial charge is 0.236 e. The molecule has 156 valence electrons. The summed E-state index contributed by atoms with van der Waals surface area (Å²) in [5, 5.41) is 16.6. The number of phenolic OH excluding ortho intramolecular Hbond substituents is 1. The zero-order valence-corrected chi connectivity index (χ0v) is 16.8. The first-order valence-electron chi connectivity index (χ1n) is 9.51. The van der Waals surface area contributed by atoms with Crippen molar-refractivity contribution in [2.45, 2.75) is 0 Å². The molecule has 31 heavy (non-hydrogen) atoms. The minimum Gasteiger partial charge on any atom is -0.506 e. The number of nitrogens with one attached hydrogen (secondary N) is 2. The molecule has 0 aliphatic rings. The maximum atomic E-state index is 10.2. The predicted molar refractivity (Wildman–Crippen MR) is 124 cm³/mol. The number of benzene rings is 3. The topological polar surface area (TPSA) is 138 Å². The second kappa shape index (κ2) is 8.46. The second-order valence-electron chi connectivity index (χ2n) is 6.82. The van der Waals surface area contributed by atoms with Crippen LogP contribution in [0, 0.1) is 0 Å². The van der Waals surface area contributed by atoms with Gasteiger partial charge in [-0.2, -0.15) is 15.0 Å². The molecule has 7 N–H and O–H groups in total. The fraction of sp³-hybridized carbons (Fsp3) is 0.0455. The Morgan fingerprint density at radius 3 is 1.68 bits per heavy atom. The first-order chi connectivity index (χ1) is 15.0. The molecule has 0 aliphatic carbocycles. The summed E-state index contributed by atoms with van der Waals surface area (Å²) in [5.74, 6) is 1.11. The quantitative estimate of drug-likeness (QED) is 0.296. The van der Waals surface area contributed by atoms with E-state index >= 15 is 0 Å². The van der Waals surface area contributed by atoms with Crippen molar-refractivity contribution in [1.82, 2.24) is 15.0 Å². The highest BCUT2D eigenvalue weighted by molar-refractivity contribution is 5.67. The molecule has 0 atom stereocenters. The largest absolute Gasteiger partial charge is 0.506 e. The number of nitrogen functional groups attached to an aromatic ring is 2. The molecule has 3 aromatic carbocycles. The Bertz CT molecular complexity index is 1110. The van der Waals surface area contributed by atoms with E-state index in [0.29, 0.717) is 34.9 Å². The molecule has 0 radical (unpaired) electrons. The van der Waals surface area contributed by atoms with Crippen molar-refractivity contribution in [2.75, 3.05) is 34.0 Å². The Hall–Kier alpha value is -4.53. The molecule has 0 saturated heterocycles. The minimum absolute atomic E-state index is 0.117. The van der Waals surface area contributed by atoms with E-state index in [0.717, 1.165) is 11.4 Å². The average Bonchev–Trinajstić information content (AvgIpc) is 2.77. The zero-order valence-electron chi connectivity index (χ0n) is 16.8. The van der Waals surface area contributed by atoms with Gasteiger partial charge in [0.05, 0.1) is 5.69 Å². The van der Waals surface area contributed by atoms with Crippen LogP contribution in [0.15, 0.2) is 72.8 Å². The molecule has 4 rings (SSSR count). The van der Waals surface area contributed by atoms with Gasteiger partial charge in [0.15, 0.2) is 0 Å². The summed E-state index contributed by atoms with van der Waals surface area (Å²) in [6, 6.07) is 21.4. The summed E-state index contributed by atoms with van der Waals surface area (Å²) in [6.07, 6.45) is 0. The summed E-state index contributed by atoms with van der Waals surface area (Å²) in [4.78, 5) is 15.2. The van der Waals surface area contributed by atoms with Gasteiger partial charge < -0.3 is 32.1 Å². The predicted octanol–water partition coefficient (Wildman–Crippen LogP) is 4.00. The van der Waals surface area contributed by atoms with Gasteiger partial charge in [0.25, 0.3) is 0 Å². The maximum Gasteiger partial charge on any atom is 0.236 e. The molecule has 0 amide bonds. The standard InChI is InChI=1S/C22H22N8O/c1-30(18-4-2-3-5-19(18)31)22-28-20(25-16-10-6-14(23)7-11-16)27-21(29-22)26-17-12-8-15(24)9-13-17/h2-13,31H,23-24H2,1H3,(H2,25,26,27,28,29). The number of rotatable bonds is 6. The van der Waals surface area contributed by atoms with Crippen LogP contribution in [0.25, 0.3) is 0 Å². The molecular formula is C22H22N8O. The van der Waals surface area contributed by atoms with Crippen LogP contribution in [0.3, 0.4) is 0 Å². The first-order valence-corrected chi connectivity index (χ1v) is 9.51. The fourth-order valence-corrected chi connectivity index (χ4v) is 2.87. The third kappa shape index (κ3) is 4.73. The molecule has 0 fully saturated rings.